The summed E-state index contributed by atoms with van der Waals surface area (Å²) in [7, 11) is 1.84. The molecular weight excluding hydrogens is 256 g/mol. The Morgan fingerprint density at radius 1 is 1.15 bits per heavy atom. The molecule has 0 aliphatic carbocycles. The van der Waals surface area contributed by atoms with E-state index in [1.807, 2.05) is 18.0 Å². The number of nitrogens with zero attached hydrogens (tertiary/aromatic N) is 1. The Balaban J connectivity index is 2.27. The fourth-order valence-corrected chi connectivity index (χ4v) is 1.82. The summed E-state index contributed by atoms with van der Waals surface area (Å²) >= 11 is 0. The summed E-state index contributed by atoms with van der Waals surface area (Å²) in [5, 5.41) is 11.0. The fourth-order valence-electron chi connectivity index (χ4n) is 1.82. The topological polar surface area (TPSA) is 69.6 Å². The van der Waals surface area contributed by atoms with Crippen LogP contribution in [0, 0.1) is 0 Å². The van der Waals surface area contributed by atoms with Gasteiger partial charge in [0.25, 0.3) is 5.91 Å². The second-order valence-electron chi connectivity index (χ2n) is 4.77. The van der Waals surface area contributed by atoms with Crippen molar-refractivity contribution in [1.82, 2.24) is 10.2 Å². The van der Waals surface area contributed by atoms with Crippen molar-refractivity contribution in [3.8, 4) is 0 Å². The van der Waals surface area contributed by atoms with Gasteiger partial charge in [-0.15, -0.1) is 0 Å². The quantitative estimate of drug-likeness (QED) is 0.697. The molecule has 5 nitrogen and oxygen atoms in total. The molecular formula is C15H22N2O3. The number of unbranched alkanes of at least 4 members (excludes halogenated alkanes) is 2. The zero-order valence-electron chi connectivity index (χ0n) is 11.8. The van der Waals surface area contributed by atoms with Crippen LogP contribution in [-0.2, 0) is 4.79 Å². The molecule has 0 fully saturated rings. The number of amides is 2. The molecule has 0 unspecified atom stereocenters. The van der Waals surface area contributed by atoms with Gasteiger partial charge in [0, 0.05) is 12.2 Å². The molecule has 5 heteroatoms. The van der Waals surface area contributed by atoms with Gasteiger partial charge in [0.05, 0.1) is 6.54 Å². The monoisotopic (exact) mass is 278 g/mol. The van der Waals surface area contributed by atoms with E-state index in [-0.39, 0.29) is 25.0 Å². The minimum Gasteiger partial charge on any atom is -0.396 e. The van der Waals surface area contributed by atoms with Gasteiger partial charge in [0.2, 0.25) is 5.91 Å². The van der Waals surface area contributed by atoms with E-state index in [9.17, 15) is 9.59 Å². The first-order valence-electron chi connectivity index (χ1n) is 6.82. The highest BCUT2D eigenvalue weighted by Crippen LogP contribution is 1.99. The Morgan fingerprint density at radius 3 is 2.50 bits per heavy atom. The number of aliphatic hydroxyl groups is 1. The molecule has 0 spiro atoms. The summed E-state index contributed by atoms with van der Waals surface area (Å²) in [4.78, 5) is 25.3. The normalized spacial score (nSPS) is 10.6. The van der Waals surface area contributed by atoms with Gasteiger partial charge in [0.1, 0.15) is 0 Å². The van der Waals surface area contributed by atoms with E-state index in [1.54, 1.807) is 24.3 Å². The van der Waals surface area contributed by atoms with Crippen LogP contribution in [0.1, 0.15) is 29.6 Å². The second-order valence-corrected chi connectivity index (χ2v) is 4.77. The van der Waals surface area contributed by atoms with E-state index in [0.717, 1.165) is 25.8 Å². The molecule has 0 aromatic heterocycles. The average molecular weight is 278 g/mol. The number of benzene rings is 1. The molecule has 2 amide bonds. The smallest absolute Gasteiger partial charge is 0.257 e. The van der Waals surface area contributed by atoms with Crippen molar-refractivity contribution < 1.29 is 14.7 Å². The van der Waals surface area contributed by atoms with Crippen molar-refractivity contribution in [2.75, 3.05) is 26.7 Å². The third kappa shape index (κ3) is 6.45. The standard InChI is InChI=1S/C15H22N2O3/c1-17(10-6-3-7-11-18)12-14(19)16-15(20)13-8-4-2-5-9-13/h2,4-5,8-9,18H,3,6-7,10-12H2,1H3,(H,16,19,20). The summed E-state index contributed by atoms with van der Waals surface area (Å²) in [6.07, 6.45) is 2.65. The Morgan fingerprint density at radius 2 is 1.85 bits per heavy atom. The molecule has 1 aromatic carbocycles. The number of hydrogen-bond donors (Lipinski definition) is 2. The van der Waals surface area contributed by atoms with Gasteiger partial charge in [-0.25, -0.2) is 0 Å². The van der Waals surface area contributed by atoms with Crippen LogP contribution >= 0.6 is 0 Å². The molecule has 0 aliphatic heterocycles. The number of aliphatic hydroxyl groups excluding tert-OH is 1. The van der Waals surface area contributed by atoms with Crippen molar-refractivity contribution in [3.63, 3.8) is 0 Å². The first-order valence-corrected chi connectivity index (χ1v) is 6.82. The lowest BCUT2D eigenvalue weighted by Gasteiger charge is -2.15. The molecule has 0 aliphatic rings. The lowest BCUT2D eigenvalue weighted by atomic mass is 10.2. The zero-order valence-corrected chi connectivity index (χ0v) is 11.8. The molecule has 0 saturated heterocycles. The number of hydrogen-bond acceptors (Lipinski definition) is 4. The molecule has 1 rings (SSSR count). The third-order valence-corrected chi connectivity index (χ3v) is 2.90. The first kappa shape index (κ1) is 16.3. The van der Waals surface area contributed by atoms with Gasteiger partial charge in [-0.05, 0) is 45.0 Å². The summed E-state index contributed by atoms with van der Waals surface area (Å²) in [6, 6.07) is 8.67. The molecule has 20 heavy (non-hydrogen) atoms. The highest BCUT2D eigenvalue weighted by Gasteiger charge is 2.11. The van der Waals surface area contributed by atoms with Crippen molar-refractivity contribution in [1.29, 1.82) is 0 Å². The number of carbonyl (C=O) groups is 2. The maximum atomic E-state index is 11.8. The maximum absolute atomic E-state index is 11.8. The Bertz CT molecular complexity index is 420. The van der Waals surface area contributed by atoms with Gasteiger partial charge >= 0.3 is 0 Å². The van der Waals surface area contributed by atoms with Gasteiger partial charge in [-0.3, -0.25) is 19.8 Å². The Labute approximate surface area is 119 Å². The van der Waals surface area contributed by atoms with E-state index >= 15 is 0 Å². The number of rotatable bonds is 8. The van der Waals surface area contributed by atoms with Crippen molar-refractivity contribution in [3.05, 3.63) is 35.9 Å². The van der Waals surface area contributed by atoms with Crippen molar-refractivity contribution in [2.24, 2.45) is 0 Å². The maximum Gasteiger partial charge on any atom is 0.257 e. The lowest BCUT2D eigenvalue weighted by molar-refractivity contribution is -0.121. The number of likely N-dealkylation sites (N-methyl/N-ethyl adjacent to an activating group) is 1. The van der Waals surface area contributed by atoms with Gasteiger partial charge in [-0.1, -0.05) is 18.2 Å². The van der Waals surface area contributed by atoms with E-state index in [0.29, 0.717) is 5.56 Å². The van der Waals surface area contributed by atoms with Gasteiger partial charge in [0.15, 0.2) is 0 Å². The van der Waals surface area contributed by atoms with Gasteiger partial charge < -0.3 is 5.11 Å². The summed E-state index contributed by atoms with van der Waals surface area (Å²) in [5.41, 5.74) is 0.478. The highest BCUT2D eigenvalue weighted by atomic mass is 16.3. The largest absolute Gasteiger partial charge is 0.396 e. The SMILES string of the molecule is CN(CCCCCO)CC(=O)NC(=O)c1ccccc1. The number of carbonyl (C=O) groups excluding carboxylic acids is 2. The highest BCUT2D eigenvalue weighted by molar-refractivity contribution is 6.05. The summed E-state index contributed by atoms with van der Waals surface area (Å²) in [5.74, 6) is -0.673. The van der Waals surface area contributed by atoms with Crippen LogP contribution in [0.3, 0.4) is 0 Å². The summed E-state index contributed by atoms with van der Waals surface area (Å²) < 4.78 is 0. The molecule has 0 heterocycles. The van der Waals surface area contributed by atoms with Crippen LogP contribution in [0.5, 0.6) is 0 Å². The third-order valence-electron chi connectivity index (χ3n) is 2.90. The average Bonchev–Trinajstić information content (AvgIpc) is 2.44. The number of imide groups is 1. The molecule has 1 aromatic rings. The fraction of sp³-hybridized carbons (Fsp3) is 0.467. The van der Waals surface area contributed by atoms with Crippen LogP contribution in [0.25, 0.3) is 0 Å². The van der Waals surface area contributed by atoms with Crippen molar-refractivity contribution >= 4 is 11.8 Å². The molecule has 110 valence electrons. The summed E-state index contributed by atoms with van der Waals surface area (Å²) in [6.45, 7) is 1.17. The minimum atomic E-state index is -0.371. The van der Waals surface area contributed by atoms with Crippen LogP contribution in [0.15, 0.2) is 30.3 Å². The molecule has 0 bridgehead atoms. The van der Waals surface area contributed by atoms with Crippen LogP contribution in [-0.4, -0.2) is 48.6 Å². The van der Waals surface area contributed by atoms with Gasteiger partial charge in [-0.2, -0.15) is 0 Å². The van der Waals surface area contributed by atoms with E-state index in [4.69, 9.17) is 5.11 Å². The molecule has 0 radical (unpaired) electrons. The Hall–Kier alpha value is -1.72. The first-order chi connectivity index (χ1) is 9.63. The van der Waals surface area contributed by atoms with Crippen LogP contribution in [0.2, 0.25) is 0 Å². The van der Waals surface area contributed by atoms with Crippen LogP contribution < -0.4 is 5.32 Å². The predicted octanol–water partition coefficient (Wildman–Crippen LogP) is 1.04. The van der Waals surface area contributed by atoms with E-state index in [2.05, 4.69) is 5.32 Å². The lowest BCUT2D eigenvalue weighted by Crippen LogP contribution is -2.38. The minimum absolute atomic E-state index is 0.192. The predicted molar refractivity (Wildman–Crippen MR) is 77.3 cm³/mol. The van der Waals surface area contributed by atoms with E-state index in [1.165, 1.54) is 0 Å². The number of nitrogens with one attached hydrogen (secondary N) is 1. The zero-order chi connectivity index (χ0) is 14.8. The molecule has 0 atom stereocenters. The van der Waals surface area contributed by atoms with Crippen molar-refractivity contribution in [2.45, 2.75) is 19.3 Å². The molecule has 0 saturated carbocycles. The Kier molecular flexibility index (Phi) is 7.54. The van der Waals surface area contributed by atoms with E-state index < -0.39 is 0 Å². The second kappa shape index (κ2) is 9.23. The van der Waals surface area contributed by atoms with Crippen LogP contribution in [0.4, 0.5) is 0 Å². The molecule has 2 N–H and O–H groups in total.